The van der Waals surface area contributed by atoms with Gasteiger partial charge in [0.15, 0.2) is 5.75 Å². The summed E-state index contributed by atoms with van der Waals surface area (Å²) in [5, 5.41) is 9.87. The Morgan fingerprint density at radius 1 is 1.29 bits per heavy atom. The normalized spacial score (nSPS) is 17.2. The van der Waals surface area contributed by atoms with Crippen molar-refractivity contribution in [2.75, 3.05) is 42.4 Å². The van der Waals surface area contributed by atoms with E-state index in [1.54, 1.807) is 18.2 Å². The van der Waals surface area contributed by atoms with Gasteiger partial charge in [-0.05, 0) is 55.4 Å². The predicted molar refractivity (Wildman–Crippen MR) is 129 cm³/mol. The number of aromatic carboxylic acids is 1. The number of nitrogens with one attached hydrogen (secondary N) is 1. The molecule has 0 spiro atoms. The zero-order chi connectivity index (χ0) is 24.5. The molecule has 2 aromatic carbocycles. The van der Waals surface area contributed by atoms with Gasteiger partial charge in [-0.25, -0.2) is 17.6 Å². The maximum atomic E-state index is 14.0. The second-order valence-corrected chi connectivity index (χ2v) is 9.92. The Morgan fingerprint density at radius 3 is 2.71 bits per heavy atom. The van der Waals surface area contributed by atoms with Gasteiger partial charge >= 0.3 is 5.97 Å². The molecule has 1 saturated heterocycles. The molecule has 1 atom stereocenters. The van der Waals surface area contributed by atoms with Crippen LogP contribution < -0.4 is 14.4 Å². The molecule has 2 aliphatic rings. The molecule has 10 heteroatoms. The van der Waals surface area contributed by atoms with Crippen molar-refractivity contribution in [2.45, 2.75) is 31.2 Å². The van der Waals surface area contributed by atoms with Crippen molar-refractivity contribution >= 4 is 33.4 Å². The first kappa shape index (κ1) is 24.0. The Kier molecular flexibility index (Phi) is 6.81. The number of ether oxygens (including phenoxy) is 1. The lowest BCUT2D eigenvalue weighted by atomic mass is 9.98. The minimum atomic E-state index is -4.23. The van der Waals surface area contributed by atoms with Crippen LogP contribution in [0.15, 0.2) is 41.3 Å². The fraction of sp³-hybridized carbons (Fsp3) is 0.375. The first-order valence-electron chi connectivity index (χ1n) is 11.3. The van der Waals surface area contributed by atoms with Crippen molar-refractivity contribution in [3.05, 3.63) is 53.4 Å². The summed E-state index contributed by atoms with van der Waals surface area (Å²) < 4.78 is 48.6. The van der Waals surface area contributed by atoms with Crippen LogP contribution in [0, 0.1) is 5.82 Å². The lowest BCUT2D eigenvalue weighted by Gasteiger charge is -2.46. The van der Waals surface area contributed by atoms with Crippen LogP contribution in [0.4, 0.5) is 15.8 Å². The summed E-state index contributed by atoms with van der Waals surface area (Å²) in [7, 11) is -4.23. The molecule has 0 radical (unpaired) electrons. The van der Waals surface area contributed by atoms with E-state index < -0.39 is 21.8 Å². The summed E-state index contributed by atoms with van der Waals surface area (Å²) in [4.78, 5) is 16.1. The van der Waals surface area contributed by atoms with E-state index >= 15 is 0 Å². The van der Waals surface area contributed by atoms with E-state index in [4.69, 9.17) is 4.74 Å². The maximum absolute atomic E-state index is 14.0. The first-order chi connectivity index (χ1) is 16.2. The summed E-state index contributed by atoms with van der Waals surface area (Å²) in [5.74, 6) is -1.71. The molecule has 34 heavy (non-hydrogen) atoms. The lowest BCUT2D eigenvalue weighted by Crippen LogP contribution is -2.53. The maximum Gasteiger partial charge on any atom is 0.341 e. The molecular formula is C24H28FN3O5S. The molecule has 1 unspecified atom stereocenters. The predicted octanol–water partition coefficient (Wildman–Crippen LogP) is 3.65. The molecule has 0 bridgehead atoms. The quantitative estimate of drug-likeness (QED) is 0.555. The number of carbonyl (C=O) groups is 1. The highest BCUT2D eigenvalue weighted by Crippen LogP contribution is 2.44. The number of carboxylic acid groups (broad SMARTS) is 1. The Bertz CT molecular complexity index is 1230. The van der Waals surface area contributed by atoms with Gasteiger partial charge in [0.25, 0.3) is 10.0 Å². The fourth-order valence-corrected chi connectivity index (χ4v) is 5.51. The largest absolute Gasteiger partial charge is 0.488 e. The van der Waals surface area contributed by atoms with Crippen LogP contribution >= 0.6 is 0 Å². The van der Waals surface area contributed by atoms with Crippen LogP contribution in [-0.4, -0.2) is 63.2 Å². The minimum Gasteiger partial charge on any atom is -0.488 e. The number of rotatable bonds is 9. The van der Waals surface area contributed by atoms with Gasteiger partial charge in [-0.3, -0.25) is 4.72 Å². The zero-order valence-electron chi connectivity index (χ0n) is 19.1. The highest BCUT2D eigenvalue weighted by atomic mass is 32.2. The van der Waals surface area contributed by atoms with Crippen LogP contribution in [0.1, 0.15) is 36.2 Å². The molecule has 0 amide bonds. The SMILES string of the molecule is CCN(CC)C/C=C\c1cc(F)ccc1S(=O)(=O)Nc1ccc2c(c1C(=O)O)OCC1CCN21. The molecule has 182 valence electrons. The van der Waals surface area contributed by atoms with Gasteiger partial charge in [-0.15, -0.1) is 0 Å². The third kappa shape index (κ3) is 4.60. The van der Waals surface area contributed by atoms with Crippen molar-refractivity contribution in [1.29, 1.82) is 0 Å². The number of nitrogens with zero attached hydrogens (tertiary/aromatic N) is 2. The van der Waals surface area contributed by atoms with Gasteiger partial charge in [0.05, 0.1) is 22.3 Å². The number of carboxylic acids is 1. The Labute approximate surface area is 198 Å². The monoisotopic (exact) mass is 489 g/mol. The van der Waals surface area contributed by atoms with Crippen molar-refractivity contribution in [1.82, 2.24) is 4.90 Å². The van der Waals surface area contributed by atoms with Crippen LogP contribution in [0.3, 0.4) is 0 Å². The van der Waals surface area contributed by atoms with Gasteiger partial charge in [0, 0.05) is 13.1 Å². The molecule has 2 aliphatic heterocycles. The number of likely N-dealkylation sites (N-methyl/N-ethyl adjacent to an activating group) is 1. The van der Waals surface area contributed by atoms with E-state index in [2.05, 4.69) is 14.5 Å². The average molecular weight is 490 g/mol. The number of hydrogen-bond acceptors (Lipinski definition) is 6. The van der Waals surface area contributed by atoms with Crippen LogP contribution in [-0.2, 0) is 10.0 Å². The molecule has 4 rings (SSSR count). The number of anilines is 2. The molecule has 1 fully saturated rings. The van der Waals surface area contributed by atoms with Crippen LogP contribution in [0.5, 0.6) is 5.75 Å². The second-order valence-electron chi connectivity index (χ2n) is 8.26. The van der Waals surface area contributed by atoms with Crippen molar-refractivity contribution < 1.29 is 27.4 Å². The molecule has 2 heterocycles. The number of fused-ring (bicyclic) bond motifs is 3. The molecule has 8 nitrogen and oxygen atoms in total. The number of halogens is 1. The molecule has 0 aromatic heterocycles. The summed E-state index contributed by atoms with van der Waals surface area (Å²) >= 11 is 0. The molecule has 2 aromatic rings. The summed E-state index contributed by atoms with van der Waals surface area (Å²) in [6, 6.07) is 6.69. The molecular weight excluding hydrogens is 461 g/mol. The Morgan fingerprint density at radius 2 is 2.06 bits per heavy atom. The highest BCUT2D eigenvalue weighted by Gasteiger charge is 2.37. The first-order valence-corrected chi connectivity index (χ1v) is 12.7. The van der Waals surface area contributed by atoms with E-state index in [1.807, 2.05) is 13.8 Å². The van der Waals surface area contributed by atoms with Crippen LogP contribution in [0.2, 0.25) is 0 Å². The molecule has 0 aliphatic carbocycles. The summed E-state index contributed by atoms with van der Waals surface area (Å²) in [6.07, 6.45) is 4.30. The Hall–Kier alpha value is -3.11. The topological polar surface area (TPSA) is 99.2 Å². The third-order valence-corrected chi connectivity index (χ3v) is 7.72. The highest BCUT2D eigenvalue weighted by molar-refractivity contribution is 7.92. The van der Waals surface area contributed by atoms with Crippen LogP contribution in [0.25, 0.3) is 6.08 Å². The van der Waals surface area contributed by atoms with Gasteiger partial charge < -0.3 is 19.6 Å². The van der Waals surface area contributed by atoms with Gasteiger partial charge in [-0.2, -0.15) is 0 Å². The number of benzene rings is 2. The third-order valence-electron chi connectivity index (χ3n) is 6.29. The Balaban J connectivity index is 1.68. The van der Waals surface area contributed by atoms with Crippen molar-refractivity contribution in [3.63, 3.8) is 0 Å². The van der Waals surface area contributed by atoms with Crippen molar-refractivity contribution in [3.8, 4) is 5.75 Å². The van der Waals surface area contributed by atoms with E-state index in [-0.39, 0.29) is 33.5 Å². The van der Waals surface area contributed by atoms with Crippen molar-refractivity contribution in [2.24, 2.45) is 0 Å². The van der Waals surface area contributed by atoms with Gasteiger partial charge in [-0.1, -0.05) is 26.0 Å². The van der Waals surface area contributed by atoms with Gasteiger partial charge in [0.2, 0.25) is 0 Å². The number of hydrogen-bond donors (Lipinski definition) is 2. The smallest absolute Gasteiger partial charge is 0.341 e. The van der Waals surface area contributed by atoms with E-state index in [0.29, 0.717) is 18.8 Å². The number of sulfonamides is 1. The van der Waals surface area contributed by atoms with E-state index in [0.717, 1.165) is 38.2 Å². The fourth-order valence-electron chi connectivity index (χ4n) is 4.26. The zero-order valence-corrected chi connectivity index (χ0v) is 19.9. The van der Waals surface area contributed by atoms with Gasteiger partial charge in [0.1, 0.15) is 18.0 Å². The molecule has 0 saturated carbocycles. The van der Waals surface area contributed by atoms with E-state index in [1.165, 1.54) is 12.1 Å². The molecule has 2 N–H and O–H groups in total. The second kappa shape index (κ2) is 9.63. The summed E-state index contributed by atoms with van der Waals surface area (Å²) in [6.45, 7) is 7.42. The summed E-state index contributed by atoms with van der Waals surface area (Å²) in [5.41, 5.74) is 0.471. The standard InChI is InChI=1S/C24H28FN3O5S/c1-3-27(4-2)12-5-6-16-14-17(25)7-10-21(16)34(31,32)26-19-8-9-20-23(22(19)24(29)30)33-15-18-11-13-28(18)20/h5-10,14,18,26H,3-4,11-13,15H2,1-2H3,(H,29,30)/b6-5-. The minimum absolute atomic E-state index is 0.104. The van der Waals surface area contributed by atoms with E-state index in [9.17, 15) is 22.7 Å². The lowest BCUT2D eigenvalue weighted by molar-refractivity contribution is 0.0691. The average Bonchev–Trinajstić information content (AvgIpc) is 2.76.